The quantitative estimate of drug-likeness (QED) is 0.666. The molecule has 1 heterocycles. The molecular formula is C9H18N2O2. The molecule has 1 N–H and O–H groups in total. The predicted octanol–water partition coefficient (Wildman–Crippen LogP) is -0.157. The Balaban J connectivity index is 2.18. The third kappa shape index (κ3) is 4.24. The maximum absolute atomic E-state index is 11.3. The van der Waals surface area contributed by atoms with Crippen molar-refractivity contribution in [2.45, 2.75) is 18.9 Å². The molecule has 1 aliphatic heterocycles. The van der Waals surface area contributed by atoms with Gasteiger partial charge in [0.25, 0.3) is 0 Å². The highest BCUT2D eigenvalue weighted by Crippen LogP contribution is 2.05. The molecule has 0 unspecified atom stereocenters. The highest BCUT2D eigenvalue weighted by molar-refractivity contribution is 5.78. The fourth-order valence-electron chi connectivity index (χ4n) is 1.42. The van der Waals surface area contributed by atoms with Crippen LogP contribution in [-0.4, -0.2) is 50.7 Å². The van der Waals surface area contributed by atoms with E-state index >= 15 is 0 Å². The molecule has 0 aromatic carbocycles. The monoisotopic (exact) mass is 186 g/mol. The van der Waals surface area contributed by atoms with E-state index < -0.39 is 0 Å². The third-order valence-electron chi connectivity index (χ3n) is 1.99. The summed E-state index contributed by atoms with van der Waals surface area (Å²) in [4.78, 5) is 13.2. The summed E-state index contributed by atoms with van der Waals surface area (Å²) in [5.74, 6) is 0.0838. The van der Waals surface area contributed by atoms with Crippen molar-refractivity contribution in [3.63, 3.8) is 0 Å². The van der Waals surface area contributed by atoms with Crippen LogP contribution < -0.4 is 5.32 Å². The summed E-state index contributed by atoms with van der Waals surface area (Å²) in [6, 6.07) is 0.223. The first-order valence-corrected chi connectivity index (χ1v) is 4.70. The van der Waals surface area contributed by atoms with Crippen molar-refractivity contribution in [1.29, 1.82) is 0 Å². The number of nitrogens with zero attached hydrogens (tertiary/aromatic N) is 1. The Kier molecular flexibility index (Phi) is 4.18. The molecule has 0 radical (unpaired) electrons. The van der Waals surface area contributed by atoms with Gasteiger partial charge >= 0.3 is 0 Å². The first-order chi connectivity index (χ1) is 6.18. The van der Waals surface area contributed by atoms with Crippen molar-refractivity contribution in [2.24, 2.45) is 0 Å². The van der Waals surface area contributed by atoms with Gasteiger partial charge in [0.2, 0.25) is 5.91 Å². The lowest BCUT2D eigenvalue weighted by Crippen LogP contribution is -2.44. The number of carbonyl (C=O) groups excluding carboxylic acids is 1. The second-order valence-electron chi connectivity index (χ2n) is 3.72. The van der Waals surface area contributed by atoms with E-state index in [2.05, 4.69) is 5.32 Å². The van der Waals surface area contributed by atoms with Crippen LogP contribution in [-0.2, 0) is 9.53 Å². The van der Waals surface area contributed by atoms with Crippen LogP contribution in [0.25, 0.3) is 0 Å². The molecule has 13 heavy (non-hydrogen) atoms. The summed E-state index contributed by atoms with van der Waals surface area (Å²) in [5, 5.41) is 2.94. The number of likely N-dealkylation sites (N-methyl/N-ethyl adjacent to an activating group) is 1. The zero-order valence-corrected chi connectivity index (χ0v) is 8.38. The van der Waals surface area contributed by atoms with Gasteiger partial charge in [0.05, 0.1) is 19.2 Å². The van der Waals surface area contributed by atoms with Gasteiger partial charge in [-0.05, 0) is 26.9 Å². The summed E-state index contributed by atoms with van der Waals surface area (Å²) in [6.07, 6.45) is 2.09. The van der Waals surface area contributed by atoms with Crippen molar-refractivity contribution in [2.75, 3.05) is 33.9 Å². The number of carbonyl (C=O) groups is 1. The average molecular weight is 186 g/mol. The molecule has 76 valence electrons. The first kappa shape index (κ1) is 10.5. The summed E-state index contributed by atoms with van der Waals surface area (Å²) < 4.78 is 5.26. The van der Waals surface area contributed by atoms with Crippen molar-refractivity contribution in [3.8, 4) is 0 Å². The smallest absolute Gasteiger partial charge is 0.234 e. The van der Waals surface area contributed by atoms with Gasteiger partial charge in [0.1, 0.15) is 0 Å². The van der Waals surface area contributed by atoms with Crippen molar-refractivity contribution in [1.82, 2.24) is 10.2 Å². The van der Waals surface area contributed by atoms with Crippen molar-refractivity contribution >= 4 is 5.91 Å². The summed E-state index contributed by atoms with van der Waals surface area (Å²) >= 11 is 0. The normalized spacial score (nSPS) is 23.2. The minimum Gasteiger partial charge on any atom is -0.379 e. The van der Waals surface area contributed by atoms with Gasteiger partial charge in [-0.15, -0.1) is 0 Å². The number of amides is 1. The van der Waals surface area contributed by atoms with E-state index in [0.29, 0.717) is 13.2 Å². The highest BCUT2D eigenvalue weighted by Gasteiger charge is 2.15. The number of rotatable bonds is 3. The second kappa shape index (κ2) is 5.19. The maximum atomic E-state index is 11.3. The van der Waals surface area contributed by atoms with Crippen LogP contribution in [0.3, 0.4) is 0 Å². The number of nitrogens with one attached hydrogen (secondary N) is 1. The Hall–Kier alpha value is -0.610. The van der Waals surface area contributed by atoms with Crippen LogP contribution in [0.1, 0.15) is 12.8 Å². The zero-order chi connectivity index (χ0) is 9.68. The second-order valence-corrected chi connectivity index (χ2v) is 3.72. The number of ether oxygens (including phenoxy) is 1. The molecular weight excluding hydrogens is 168 g/mol. The SMILES string of the molecule is CN(C)CC(=O)N[C@@H]1CCCOC1. The van der Waals surface area contributed by atoms with Gasteiger partial charge in [-0.25, -0.2) is 0 Å². The minimum atomic E-state index is 0.0838. The fourth-order valence-corrected chi connectivity index (χ4v) is 1.42. The fraction of sp³-hybridized carbons (Fsp3) is 0.889. The van der Waals surface area contributed by atoms with E-state index in [0.717, 1.165) is 19.4 Å². The summed E-state index contributed by atoms with van der Waals surface area (Å²) in [5.41, 5.74) is 0. The molecule has 4 heteroatoms. The van der Waals surface area contributed by atoms with E-state index in [1.54, 1.807) is 0 Å². The molecule has 1 rings (SSSR count). The Bertz CT molecular complexity index is 165. The van der Waals surface area contributed by atoms with Crippen molar-refractivity contribution < 1.29 is 9.53 Å². The first-order valence-electron chi connectivity index (χ1n) is 4.70. The van der Waals surface area contributed by atoms with Crippen LogP contribution in [0.5, 0.6) is 0 Å². The Morgan fingerprint density at radius 3 is 2.92 bits per heavy atom. The van der Waals surface area contributed by atoms with E-state index in [-0.39, 0.29) is 11.9 Å². The average Bonchev–Trinajstić information content (AvgIpc) is 2.04. The van der Waals surface area contributed by atoms with Crippen LogP contribution in [0.15, 0.2) is 0 Å². The molecule has 0 spiro atoms. The Morgan fingerprint density at radius 2 is 2.38 bits per heavy atom. The highest BCUT2D eigenvalue weighted by atomic mass is 16.5. The molecule has 1 atom stereocenters. The van der Waals surface area contributed by atoms with E-state index in [1.807, 2.05) is 19.0 Å². The topological polar surface area (TPSA) is 41.6 Å². The lowest BCUT2D eigenvalue weighted by atomic mass is 10.1. The lowest BCUT2D eigenvalue weighted by Gasteiger charge is -2.23. The predicted molar refractivity (Wildman–Crippen MR) is 50.5 cm³/mol. The van der Waals surface area contributed by atoms with Crippen molar-refractivity contribution in [3.05, 3.63) is 0 Å². The van der Waals surface area contributed by atoms with E-state index in [1.165, 1.54) is 0 Å². The molecule has 0 aliphatic carbocycles. The van der Waals surface area contributed by atoms with Gasteiger partial charge in [-0.2, -0.15) is 0 Å². The molecule has 1 fully saturated rings. The molecule has 1 amide bonds. The third-order valence-corrected chi connectivity index (χ3v) is 1.99. The summed E-state index contributed by atoms with van der Waals surface area (Å²) in [6.45, 7) is 1.95. The standard InChI is InChI=1S/C9H18N2O2/c1-11(2)6-9(12)10-8-4-3-5-13-7-8/h8H,3-7H2,1-2H3,(H,10,12)/t8-/m1/s1. The van der Waals surface area contributed by atoms with Gasteiger partial charge in [0.15, 0.2) is 0 Å². The maximum Gasteiger partial charge on any atom is 0.234 e. The molecule has 0 saturated carbocycles. The van der Waals surface area contributed by atoms with Crippen LogP contribution in [0, 0.1) is 0 Å². The minimum absolute atomic E-state index is 0.0838. The van der Waals surface area contributed by atoms with Crippen LogP contribution >= 0.6 is 0 Å². The lowest BCUT2D eigenvalue weighted by molar-refractivity contribution is -0.123. The number of hydrogen-bond donors (Lipinski definition) is 1. The van der Waals surface area contributed by atoms with Gasteiger partial charge in [0, 0.05) is 6.61 Å². The largest absolute Gasteiger partial charge is 0.379 e. The van der Waals surface area contributed by atoms with Gasteiger partial charge in [-0.1, -0.05) is 0 Å². The molecule has 0 bridgehead atoms. The number of hydrogen-bond acceptors (Lipinski definition) is 3. The molecule has 0 aromatic heterocycles. The Morgan fingerprint density at radius 1 is 1.62 bits per heavy atom. The Labute approximate surface area is 79.2 Å². The molecule has 1 aliphatic rings. The van der Waals surface area contributed by atoms with Gasteiger partial charge < -0.3 is 15.0 Å². The van der Waals surface area contributed by atoms with Gasteiger partial charge in [-0.3, -0.25) is 4.79 Å². The molecule has 4 nitrogen and oxygen atoms in total. The summed E-state index contributed by atoms with van der Waals surface area (Å²) in [7, 11) is 3.77. The van der Waals surface area contributed by atoms with E-state index in [4.69, 9.17) is 4.74 Å². The van der Waals surface area contributed by atoms with Crippen LogP contribution in [0.2, 0.25) is 0 Å². The van der Waals surface area contributed by atoms with E-state index in [9.17, 15) is 4.79 Å². The molecule has 1 saturated heterocycles. The van der Waals surface area contributed by atoms with Crippen LogP contribution in [0.4, 0.5) is 0 Å². The molecule has 0 aromatic rings. The zero-order valence-electron chi connectivity index (χ0n) is 8.38.